The van der Waals surface area contributed by atoms with E-state index in [4.69, 9.17) is 9.72 Å². The van der Waals surface area contributed by atoms with Gasteiger partial charge in [-0.05, 0) is 32.6 Å². The average Bonchev–Trinajstić information content (AvgIpc) is 2.99. The average molecular weight is 280 g/mol. The molecule has 2 heterocycles. The van der Waals surface area contributed by atoms with Gasteiger partial charge in [0, 0.05) is 25.6 Å². The van der Waals surface area contributed by atoms with Crippen LogP contribution >= 0.6 is 11.3 Å². The molecule has 4 nitrogen and oxygen atoms in total. The van der Waals surface area contributed by atoms with Crippen LogP contribution in [0.5, 0.6) is 0 Å². The van der Waals surface area contributed by atoms with Crippen LogP contribution in [0.1, 0.15) is 53.9 Å². The fourth-order valence-corrected chi connectivity index (χ4v) is 3.62. The molecule has 0 aromatic carbocycles. The number of hydrogen-bond acceptors (Lipinski definition) is 5. The van der Waals surface area contributed by atoms with E-state index in [0.717, 1.165) is 54.5 Å². The maximum absolute atomic E-state index is 11.2. The summed E-state index contributed by atoms with van der Waals surface area (Å²) in [7, 11) is 0. The number of nitrogens with zero attached hydrogens (tertiary/aromatic N) is 2. The smallest absolute Gasteiger partial charge is 0.186 e. The molecule has 3 rings (SSSR count). The Morgan fingerprint density at radius 1 is 1.47 bits per heavy atom. The van der Waals surface area contributed by atoms with Gasteiger partial charge in [-0.2, -0.15) is 0 Å². The van der Waals surface area contributed by atoms with E-state index < -0.39 is 0 Å². The van der Waals surface area contributed by atoms with Gasteiger partial charge in [-0.3, -0.25) is 4.79 Å². The van der Waals surface area contributed by atoms with E-state index in [1.807, 2.05) is 0 Å². The predicted molar refractivity (Wildman–Crippen MR) is 76.3 cm³/mol. The topological polar surface area (TPSA) is 42.4 Å². The lowest BCUT2D eigenvalue weighted by Crippen LogP contribution is -2.31. The molecule has 19 heavy (non-hydrogen) atoms. The highest BCUT2D eigenvalue weighted by molar-refractivity contribution is 7.17. The monoisotopic (exact) mass is 280 g/mol. The van der Waals surface area contributed by atoms with Gasteiger partial charge in [0.2, 0.25) is 0 Å². The number of aromatic nitrogens is 1. The van der Waals surface area contributed by atoms with Gasteiger partial charge in [-0.15, -0.1) is 0 Å². The lowest BCUT2D eigenvalue weighted by molar-refractivity contribution is 0.112. The van der Waals surface area contributed by atoms with Crippen LogP contribution < -0.4 is 4.90 Å². The van der Waals surface area contributed by atoms with E-state index in [1.54, 1.807) is 0 Å². The minimum Gasteiger partial charge on any atom is -0.376 e. The number of carbonyl (C=O) groups is 1. The molecule has 5 heteroatoms. The molecule has 1 aromatic heterocycles. The number of thiazole rings is 1. The Balaban J connectivity index is 1.76. The second-order valence-corrected chi connectivity index (χ2v) is 6.32. The first-order chi connectivity index (χ1) is 9.31. The molecule has 1 aliphatic heterocycles. The standard InChI is InChI=1S/C14H20N2O2S/c1-2-16(8-11-4-3-7-18-11)14-15-13(10-5-6-10)12(9-17)19-14/h9-11H,2-8H2,1H3. The van der Waals surface area contributed by atoms with E-state index in [0.29, 0.717) is 12.0 Å². The maximum Gasteiger partial charge on any atom is 0.186 e. The van der Waals surface area contributed by atoms with Gasteiger partial charge in [-0.1, -0.05) is 11.3 Å². The van der Waals surface area contributed by atoms with Crippen molar-refractivity contribution >= 4 is 22.8 Å². The number of likely N-dealkylation sites (N-methyl/N-ethyl adjacent to an activating group) is 1. The molecular formula is C14H20N2O2S. The van der Waals surface area contributed by atoms with Crippen LogP contribution in [-0.2, 0) is 4.74 Å². The van der Waals surface area contributed by atoms with Crippen molar-refractivity contribution in [1.29, 1.82) is 0 Å². The third-order valence-electron chi connectivity index (χ3n) is 3.84. The second kappa shape index (κ2) is 5.59. The molecule has 0 radical (unpaired) electrons. The Labute approximate surface area is 117 Å². The van der Waals surface area contributed by atoms with Crippen molar-refractivity contribution in [3.8, 4) is 0 Å². The minimum absolute atomic E-state index is 0.327. The van der Waals surface area contributed by atoms with Crippen LogP contribution in [0, 0.1) is 0 Å². The lowest BCUT2D eigenvalue weighted by Gasteiger charge is -2.23. The van der Waals surface area contributed by atoms with Crippen LogP contribution in [-0.4, -0.2) is 37.1 Å². The Morgan fingerprint density at radius 2 is 2.32 bits per heavy atom. The molecule has 0 amide bonds. The minimum atomic E-state index is 0.327. The number of hydrogen-bond donors (Lipinski definition) is 0. The first kappa shape index (κ1) is 13.1. The third kappa shape index (κ3) is 2.82. The summed E-state index contributed by atoms with van der Waals surface area (Å²) >= 11 is 1.54. The fraction of sp³-hybridized carbons (Fsp3) is 0.714. The van der Waals surface area contributed by atoms with Crippen molar-refractivity contribution in [1.82, 2.24) is 4.98 Å². The Morgan fingerprint density at radius 3 is 2.89 bits per heavy atom. The van der Waals surface area contributed by atoms with Gasteiger partial charge in [0.15, 0.2) is 11.4 Å². The van der Waals surface area contributed by atoms with Crippen LogP contribution in [0.15, 0.2) is 0 Å². The maximum atomic E-state index is 11.2. The Kier molecular flexibility index (Phi) is 3.84. The zero-order valence-corrected chi connectivity index (χ0v) is 12.1. The highest BCUT2D eigenvalue weighted by atomic mass is 32.1. The Bertz CT molecular complexity index is 450. The van der Waals surface area contributed by atoms with Crippen molar-refractivity contribution in [2.45, 2.75) is 44.6 Å². The zero-order valence-electron chi connectivity index (χ0n) is 11.3. The van der Waals surface area contributed by atoms with Crippen LogP contribution in [0.3, 0.4) is 0 Å². The molecule has 1 aromatic rings. The zero-order chi connectivity index (χ0) is 13.2. The molecule has 104 valence electrons. The van der Waals surface area contributed by atoms with Crippen molar-refractivity contribution in [2.24, 2.45) is 0 Å². The number of anilines is 1. The van der Waals surface area contributed by atoms with E-state index >= 15 is 0 Å². The SMILES string of the molecule is CCN(CC1CCCO1)c1nc(C2CC2)c(C=O)s1. The summed E-state index contributed by atoms with van der Waals surface area (Å²) in [6.45, 7) is 4.82. The van der Waals surface area contributed by atoms with Gasteiger partial charge in [0.1, 0.15) is 0 Å². The number of aldehydes is 1. The molecule has 1 saturated heterocycles. The summed E-state index contributed by atoms with van der Waals surface area (Å²) in [6.07, 6.45) is 5.96. The lowest BCUT2D eigenvalue weighted by atomic mass is 10.2. The molecule has 0 bridgehead atoms. The number of carbonyl (C=O) groups excluding carboxylic acids is 1. The molecule has 1 saturated carbocycles. The van der Waals surface area contributed by atoms with E-state index in [9.17, 15) is 4.79 Å². The fourth-order valence-electron chi connectivity index (χ4n) is 2.58. The summed E-state index contributed by atoms with van der Waals surface area (Å²) in [5.74, 6) is 0.534. The van der Waals surface area contributed by atoms with Gasteiger partial charge in [-0.25, -0.2) is 4.98 Å². The van der Waals surface area contributed by atoms with Crippen molar-refractivity contribution in [3.05, 3.63) is 10.6 Å². The van der Waals surface area contributed by atoms with E-state index in [1.165, 1.54) is 24.2 Å². The van der Waals surface area contributed by atoms with Crippen molar-refractivity contribution in [2.75, 3.05) is 24.6 Å². The highest BCUT2D eigenvalue weighted by Gasteiger charge is 2.30. The molecule has 0 spiro atoms. The van der Waals surface area contributed by atoms with Crippen LogP contribution in [0.4, 0.5) is 5.13 Å². The van der Waals surface area contributed by atoms with E-state index in [2.05, 4.69) is 11.8 Å². The number of rotatable bonds is 6. The molecule has 1 unspecified atom stereocenters. The largest absolute Gasteiger partial charge is 0.376 e. The highest BCUT2D eigenvalue weighted by Crippen LogP contribution is 2.43. The summed E-state index contributed by atoms with van der Waals surface area (Å²) in [6, 6.07) is 0. The second-order valence-electron chi connectivity index (χ2n) is 5.31. The summed E-state index contributed by atoms with van der Waals surface area (Å²) in [5, 5.41) is 0.988. The van der Waals surface area contributed by atoms with Gasteiger partial charge < -0.3 is 9.64 Å². The quantitative estimate of drug-likeness (QED) is 0.751. The third-order valence-corrected chi connectivity index (χ3v) is 4.90. The molecule has 2 fully saturated rings. The normalized spacial score (nSPS) is 22.7. The van der Waals surface area contributed by atoms with Crippen LogP contribution in [0.25, 0.3) is 0 Å². The van der Waals surface area contributed by atoms with Gasteiger partial charge in [0.05, 0.1) is 16.7 Å². The van der Waals surface area contributed by atoms with Crippen molar-refractivity contribution < 1.29 is 9.53 Å². The van der Waals surface area contributed by atoms with Gasteiger partial charge in [0.25, 0.3) is 0 Å². The van der Waals surface area contributed by atoms with Crippen LogP contribution in [0.2, 0.25) is 0 Å². The summed E-state index contributed by atoms with van der Waals surface area (Å²) in [5.41, 5.74) is 1.03. The molecule has 1 aliphatic carbocycles. The molecule has 0 N–H and O–H groups in total. The van der Waals surface area contributed by atoms with Crippen molar-refractivity contribution in [3.63, 3.8) is 0 Å². The molecule has 2 aliphatic rings. The summed E-state index contributed by atoms with van der Waals surface area (Å²) in [4.78, 5) is 18.9. The van der Waals surface area contributed by atoms with Gasteiger partial charge >= 0.3 is 0 Å². The first-order valence-electron chi connectivity index (χ1n) is 7.14. The number of ether oxygens (including phenoxy) is 1. The summed E-state index contributed by atoms with van der Waals surface area (Å²) < 4.78 is 5.70. The van der Waals surface area contributed by atoms with E-state index in [-0.39, 0.29) is 0 Å². The Hall–Kier alpha value is -0.940. The first-order valence-corrected chi connectivity index (χ1v) is 7.96. The molecule has 1 atom stereocenters. The predicted octanol–water partition coefficient (Wildman–Crippen LogP) is 2.84. The molecular weight excluding hydrogens is 260 g/mol.